The topological polar surface area (TPSA) is 123 Å². The van der Waals surface area contributed by atoms with E-state index >= 15 is 0 Å². The Kier molecular flexibility index (Phi) is 7.79. The first kappa shape index (κ1) is 21.9. The van der Waals surface area contributed by atoms with Crippen molar-refractivity contribution in [3.63, 3.8) is 0 Å². The van der Waals surface area contributed by atoms with Crippen LogP contribution in [-0.4, -0.2) is 0 Å². The lowest BCUT2D eigenvalue weighted by Gasteiger charge is -2.15. The zero-order valence-corrected chi connectivity index (χ0v) is 18.3. The first-order valence-corrected chi connectivity index (χ1v) is 11.9. The predicted molar refractivity (Wildman–Crippen MR) is 121 cm³/mol. The zero-order chi connectivity index (χ0) is 20.7. The van der Waals surface area contributed by atoms with Crippen molar-refractivity contribution in [2.45, 2.75) is 14.7 Å². The van der Waals surface area contributed by atoms with Crippen molar-refractivity contribution in [2.24, 2.45) is 0 Å². The minimum absolute atomic E-state index is 0.614. The number of hydrogen-bond acceptors (Lipinski definition) is 10. The summed E-state index contributed by atoms with van der Waals surface area (Å²) >= 11 is 2.63. The number of phosphoric acid groups is 1. The summed E-state index contributed by atoms with van der Waals surface area (Å²) in [7, 11) is -3.96. The van der Waals surface area contributed by atoms with Crippen molar-refractivity contribution in [1.82, 2.24) is 0 Å². The maximum Gasteiger partial charge on any atom is 0.509 e. The molecular formula is C18H18N3O4PS3. The van der Waals surface area contributed by atoms with Crippen LogP contribution >= 0.6 is 44.0 Å². The van der Waals surface area contributed by atoms with Crippen LogP contribution in [0.4, 0.5) is 17.1 Å². The Labute approximate surface area is 181 Å². The Morgan fingerprint density at radius 1 is 0.517 bits per heavy atom. The van der Waals surface area contributed by atoms with Crippen LogP contribution in [0, 0.1) is 0 Å². The summed E-state index contributed by atoms with van der Waals surface area (Å²) in [6.45, 7) is 0. The number of nitrogen functional groups attached to an aromatic ring is 3. The van der Waals surface area contributed by atoms with Gasteiger partial charge in [-0.05, 0) is 72.8 Å². The van der Waals surface area contributed by atoms with Gasteiger partial charge in [-0.25, -0.2) is 16.5 Å². The molecule has 3 rings (SSSR count). The molecule has 0 atom stereocenters. The maximum atomic E-state index is 13.1. The summed E-state index contributed by atoms with van der Waals surface area (Å²) in [6, 6.07) is 20.7. The fraction of sp³-hybridized carbons (Fsp3) is 0. The summed E-state index contributed by atoms with van der Waals surface area (Å²) in [5.41, 5.74) is 18.9. The van der Waals surface area contributed by atoms with E-state index in [1.165, 1.54) is 0 Å². The molecule has 29 heavy (non-hydrogen) atoms. The molecule has 3 aromatic rings. The van der Waals surface area contributed by atoms with Crippen LogP contribution < -0.4 is 17.2 Å². The average Bonchev–Trinajstić information content (AvgIpc) is 2.73. The molecular weight excluding hydrogens is 449 g/mol. The number of nitrogens with two attached hydrogens (primary N) is 3. The van der Waals surface area contributed by atoms with Crippen molar-refractivity contribution in [1.29, 1.82) is 0 Å². The molecule has 0 fully saturated rings. The number of hydrogen-bond donors (Lipinski definition) is 3. The Balaban J connectivity index is 1.67. The molecule has 0 saturated heterocycles. The van der Waals surface area contributed by atoms with E-state index in [1.807, 2.05) is 0 Å². The van der Waals surface area contributed by atoms with Crippen LogP contribution in [0.5, 0.6) is 0 Å². The van der Waals surface area contributed by atoms with Gasteiger partial charge in [-0.15, -0.1) is 0 Å². The van der Waals surface area contributed by atoms with Gasteiger partial charge >= 0.3 is 7.82 Å². The molecule has 0 aromatic heterocycles. The molecule has 0 aliphatic carbocycles. The second kappa shape index (κ2) is 10.3. The Hall–Kier alpha value is -1.78. The molecule has 0 aliphatic rings. The molecule has 3 aromatic carbocycles. The maximum absolute atomic E-state index is 13.1. The van der Waals surface area contributed by atoms with Gasteiger partial charge in [0.2, 0.25) is 0 Å². The standard InChI is InChI=1S/C18H18N3O4PS3/c19-13-1-7-16(8-2-13)27-23-26(22,24-28-17-9-3-14(20)4-10-17)25-29-18-11-5-15(21)6-12-18/h1-12H,19-21H2. The summed E-state index contributed by atoms with van der Waals surface area (Å²) in [4.78, 5) is 2.09. The monoisotopic (exact) mass is 467 g/mol. The fourth-order valence-electron chi connectivity index (χ4n) is 1.87. The molecule has 0 heterocycles. The SMILES string of the molecule is Nc1ccc(SOP(=O)(OSc2ccc(N)cc2)OSc2ccc(N)cc2)cc1. The quantitative estimate of drug-likeness (QED) is 0.196. The van der Waals surface area contributed by atoms with Crippen LogP contribution in [0.3, 0.4) is 0 Å². The van der Waals surface area contributed by atoms with E-state index in [9.17, 15) is 4.57 Å². The van der Waals surface area contributed by atoms with Crippen LogP contribution in [0.25, 0.3) is 0 Å². The smallest absolute Gasteiger partial charge is 0.399 e. The van der Waals surface area contributed by atoms with E-state index in [-0.39, 0.29) is 0 Å². The number of rotatable bonds is 9. The first-order valence-electron chi connectivity index (χ1n) is 8.17. The van der Waals surface area contributed by atoms with E-state index < -0.39 is 7.82 Å². The van der Waals surface area contributed by atoms with Gasteiger partial charge in [0.15, 0.2) is 0 Å². The zero-order valence-electron chi connectivity index (χ0n) is 15.0. The van der Waals surface area contributed by atoms with Crippen molar-refractivity contribution in [2.75, 3.05) is 17.2 Å². The van der Waals surface area contributed by atoms with E-state index in [1.54, 1.807) is 72.8 Å². The average molecular weight is 468 g/mol. The predicted octanol–water partition coefficient (Wildman–Crippen LogP) is 6.01. The molecule has 0 unspecified atom stereocenters. The van der Waals surface area contributed by atoms with Gasteiger partial charge < -0.3 is 17.2 Å². The van der Waals surface area contributed by atoms with E-state index in [4.69, 9.17) is 29.1 Å². The Morgan fingerprint density at radius 2 is 0.759 bits per heavy atom. The Bertz CT molecular complexity index is 846. The lowest BCUT2D eigenvalue weighted by atomic mass is 10.3. The van der Waals surface area contributed by atoms with E-state index in [2.05, 4.69) is 0 Å². The lowest BCUT2D eigenvalue weighted by Crippen LogP contribution is -1.89. The second-order valence-electron chi connectivity index (χ2n) is 5.63. The fourth-order valence-corrected chi connectivity index (χ4v) is 5.71. The summed E-state index contributed by atoms with van der Waals surface area (Å²) < 4.78 is 29.5. The van der Waals surface area contributed by atoms with Gasteiger partial charge in [0.1, 0.15) is 0 Å². The highest BCUT2D eigenvalue weighted by Crippen LogP contribution is 2.60. The van der Waals surface area contributed by atoms with Crippen LogP contribution in [-0.2, 0) is 16.5 Å². The number of anilines is 3. The van der Waals surface area contributed by atoms with Crippen molar-refractivity contribution < 1.29 is 16.5 Å². The van der Waals surface area contributed by atoms with E-state index in [0.29, 0.717) is 31.7 Å². The molecule has 6 N–H and O–H groups in total. The summed E-state index contributed by atoms with van der Waals surface area (Å²) in [6.07, 6.45) is 0. The second-order valence-corrected chi connectivity index (χ2v) is 10.2. The summed E-state index contributed by atoms with van der Waals surface area (Å²) in [5, 5.41) is 0. The molecule has 0 saturated carbocycles. The highest BCUT2D eigenvalue weighted by atomic mass is 32.2. The van der Waals surface area contributed by atoms with Crippen LogP contribution in [0.15, 0.2) is 87.5 Å². The van der Waals surface area contributed by atoms with Gasteiger partial charge in [-0.1, -0.05) is 0 Å². The highest BCUT2D eigenvalue weighted by Gasteiger charge is 2.31. The third kappa shape index (κ3) is 7.20. The molecule has 11 heteroatoms. The minimum atomic E-state index is -3.96. The van der Waals surface area contributed by atoms with Crippen molar-refractivity contribution >= 4 is 61.0 Å². The third-order valence-corrected chi connectivity index (χ3v) is 7.79. The minimum Gasteiger partial charge on any atom is -0.399 e. The van der Waals surface area contributed by atoms with Crippen molar-refractivity contribution in [3.8, 4) is 0 Å². The van der Waals surface area contributed by atoms with Crippen LogP contribution in [0.1, 0.15) is 0 Å². The molecule has 0 radical (unpaired) electrons. The molecule has 152 valence electrons. The van der Waals surface area contributed by atoms with Crippen LogP contribution in [0.2, 0.25) is 0 Å². The van der Waals surface area contributed by atoms with Gasteiger partial charge in [0.05, 0.1) is 0 Å². The first-order chi connectivity index (χ1) is 13.9. The van der Waals surface area contributed by atoms with Gasteiger partial charge in [0, 0.05) is 67.9 Å². The molecule has 0 bridgehead atoms. The molecule has 0 aliphatic heterocycles. The van der Waals surface area contributed by atoms with Crippen molar-refractivity contribution in [3.05, 3.63) is 72.8 Å². The summed E-state index contributed by atoms with van der Waals surface area (Å²) in [5.74, 6) is 0. The largest absolute Gasteiger partial charge is 0.509 e. The molecule has 0 amide bonds. The number of benzene rings is 3. The van der Waals surface area contributed by atoms with Gasteiger partial charge in [-0.3, -0.25) is 0 Å². The Morgan fingerprint density at radius 3 is 1.00 bits per heavy atom. The van der Waals surface area contributed by atoms with Gasteiger partial charge in [-0.2, -0.15) is 0 Å². The van der Waals surface area contributed by atoms with Gasteiger partial charge in [0.25, 0.3) is 0 Å². The normalized spacial score (nSPS) is 11.4. The third-order valence-electron chi connectivity index (χ3n) is 3.31. The molecule has 0 spiro atoms. The lowest BCUT2D eigenvalue weighted by molar-refractivity contribution is 0.350. The molecule has 7 nitrogen and oxygen atoms in total. The van der Waals surface area contributed by atoms with E-state index in [0.717, 1.165) is 36.1 Å². The highest BCUT2D eigenvalue weighted by molar-refractivity contribution is 8.04.